The molecule has 0 amide bonds. The van der Waals surface area contributed by atoms with E-state index in [2.05, 4.69) is 37.5 Å². The van der Waals surface area contributed by atoms with Crippen LogP contribution >= 0.6 is 0 Å². The Morgan fingerprint density at radius 2 is 0.619 bits per heavy atom. The molecule has 0 atom stereocenters. The first-order valence-electron chi connectivity index (χ1n) is 9.73. The number of hydrogen-bond acceptors (Lipinski definition) is 2. The van der Waals surface area contributed by atoms with Crippen molar-refractivity contribution in [3.8, 4) is 0 Å². The van der Waals surface area contributed by atoms with Crippen molar-refractivity contribution in [3.63, 3.8) is 0 Å². The van der Waals surface area contributed by atoms with E-state index in [0.717, 1.165) is 0 Å². The van der Waals surface area contributed by atoms with Crippen molar-refractivity contribution < 1.29 is 0 Å². The third kappa shape index (κ3) is 13.3. The maximum absolute atomic E-state index is 2.70. The van der Waals surface area contributed by atoms with Crippen molar-refractivity contribution in [1.29, 1.82) is 0 Å². The van der Waals surface area contributed by atoms with Gasteiger partial charge in [0.1, 0.15) is 0 Å². The lowest BCUT2D eigenvalue weighted by Crippen LogP contribution is -2.32. The molecule has 0 unspecified atom stereocenters. The second-order valence-electron chi connectivity index (χ2n) is 6.45. The highest BCUT2D eigenvalue weighted by Crippen LogP contribution is 2.04. The zero-order chi connectivity index (χ0) is 15.8. The smallest absolute Gasteiger partial charge is 0.000655 e. The first-order chi connectivity index (χ1) is 10.3. The molecule has 0 heterocycles. The fourth-order valence-electron chi connectivity index (χ4n) is 2.72. The predicted octanol–water partition coefficient (Wildman–Crippen LogP) is 5.18. The van der Waals surface area contributed by atoms with Gasteiger partial charge in [-0.15, -0.1) is 0 Å². The third-order valence-electron chi connectivity index (χ3n) is 4.26. The maximum Gasteiger partial charge on any atom is -0.000655 e. The Labute approximate surface area is 135 Å². The summed E-state index contributed by atoms with van der Waals surface area (Å²) in [4.78, 5) is 5.40. The lowest BCUT2D eigenvalue weighted by atomic mass is 10.2. The minimum absolute atomic E-state index is 1.30. The molecule has 0 rings (SSSR count). The summed E-state index contributed by atoms with van der Waals surface area (Å²) in [6.07, 6.45) is 12.1. The molecule has 2 nitrogen and oxygen atoms in total. The molecule has 0 fully saturated rings. The molecular weight excluding hydrogens is 256 g/mol. The average molecular weight is 299 g/mol. The monoisotopic (exact) mass is 298 g/mol. The number of hydrogen-bond donors (Lipinski definition) is 0. The molecule has 0 radical (unpaired) electrons. The molecule has 0 spiro atoms. The molecule has 21 heavy (non-hydrogen) atoms. The number of nitrogens with zero attached hydrogens (tertiary/aromatic N) is 2. The summed E-state index contributed by atoms with van der Waals surface area (Å²) in [6, 6.07) is 0. The van der Waals surface area contributed by atoms with Crippen LogP contribution in [0, 0.1) is 0 Å². The molecule has 0 aliphatic carbocycles. The first-order valence-corrected chi connectivity index (χ1v) is 9.73. The summed E-state index contributed by atoms with van der Waals surface area (Å²) < 4.78 is 0. The fourth-order valence-corrected chi connectivity index (χ4v) is 2.72. The van der Waals surface area contributed by atoms with Crippen LogP contribution in [0.1, 0.15) is 85.5 Å². The Morgan fingerprint density at radius 1 is 0.381 bits per heavy atom. The van der Waals surface area contributed by atoms with Crippen LogP contribution in [0.25, 0.3) is 0 Å². The van der Waals surface area contributed by atoms with Crippen LogP contribution in [0.15, 0.2) is 0 Å². The highest BCUT2D eigenvalue weighted by molar-refractivity contribution is 4.63. The molecule has 0 saturated heterocycles. The standard InChI is InChI=1S/C19H42N2/c1-5-9-14-20(15-10-6-2)18-13-19-21(16-11-7-3)17-12-8-4/h5-19H2,1-4H3. The van der Waals surface area contributed by atoms with Gasteiger partial charge < -0.3 is 9.80 Å². The Morgan fingerprint density at radius 3 is 0.857 bits per heavy atom. The van der Waals surface area contributed by atoms with Gasteiger partial charge >= 0.3 is 0 Å². The molecule has 128 valence electrons. The molecule has 0 aromatic rings. The Bertz CT molecular complexity index is 158. The van der Waals surface area contributed by atoms with Gasteiger partial charge in [-0.25, -0.2) is 0 Å². The van der Waals surface area contributed by atoms with Crippen LogP contribution in [0.3, 0.4) is 0 Å². The van der Waals surface area contributed by atoms with Crippen molar-refractivity contribution in [2.75, 3.05) is 39.3 Å². The van der Waals surface area contributed by atoms with Gasteiger partial charge in [0.15, 0.2) is 0 Å². The van der Waals surface area contributed by atoms with Gasteiger partial charge in [0.05, 0.1) is 0 Å². The van der Waals surface area contributed by atoms with Gasteiger partial charge in [-0.05, 0) is 71.4 Å². The van der Waals surface area contributed by atoms with Gasteiger partial charge in [0.2, 0.25) is 0 Å². The molecule has 0 aliphatic rings. The van der Waals surface area contributed by atoms with E-state index >= 15 is 0 Å². The average Bonchev–Trinajstić information content (AvgIpc) is 2.51. The Hall–Kier alpha value is -0.0800. The van der Waals surface area contributed by atoms with Crippen LogP contribution in [-0.4, -0.2) is 49.1 Å². The van der Waals surface area contributed by atoms with Crippen molar-refractivity contribution in [2.45, 2.75) is 85.5 Å². The molecule has 0 aliphatic heterocycles. The second kappa shape index (κ2) is 16.3. The predicted molar refractivity (Wildman–Crippen MR) is 97.1 cm³/mol. The zero-order valence-electron chi connectivity index (χ0n) is 15.5. The fraction of sp³-hybridized carbons (Fsp3) is 1.00. The van der Waals surface area contributed by atoms with E-state index in [1.54, 1.807) is 0 Å². The molecule has 0 aromatic carbocycles. The first kappa shape index (κ1) is 20.9. The van der Waals surface area contributed by atoms with Gasteiger partial charge in [-0.2, -0.15) is 0 Å². The summed E-state index contributed by atoms with van der Waals surface area (Å²) >= 11 is 0. The van der Waals surface area contributed by atoms with Crippen LogP contribution in [-0.2, 0) is 0 Å². The molecule has 0 bridgehead atoms. The SMILES string of the molecule is CCCCN(CCCC)CCCN(CCCC)CCCC. The van der Waals surface area contributed by atoms with Crippen molar-refractivity contribution in [2.24, 2.45) is 0 Å². The summed E-state index contributed by atoms with van der Waals surface area (Å²) in [6.45, 7) is 17.0. The highest BCUT2D eigenvalue weighted by atomic mass is 15.1. The maximum atomic E-state index is 2.70. The van der Waals surface area contributed by atoms with E-state index in [4.69, 9.17) is 0 Å². The second-order valence-corrected chi connectivity index (χ2v) is 6.45. The minimum atomic E-state index is 1.30. The van der Waals surface area contributed by atoms with E-state index in [9.17, 15) is 0 Å². The lowest BCUT2D eigenvalue weighted by molar-refractivity contribution is 0.219. The molecule has 0 N–H and O–H groups in total. The van der Waals surface area contributed by atoms with E-state index < -0.39 is 0 Å². The van der Waals surface area contributed by atoms with Gasteiger partial charge in [0.25, 0.3) is 0 Å². The summed E-state index contributed by atoms with van der Waals surface area (Å²) in [5.41, 5.74) is 0. The number of unbranched alkanes of at least 4 members (excludes halogenated alkanes) is 4. The minimum Gasteiger partial charge on any atom is -0.303 e. The van der Waals surface area contributed by atoms with Crippen LogP contribution in [0.5, 0.6) is 0 Å². The summed E-state index contributed by atoms with van der Waals surface area (Å²) in [5, 5.41) is 0. The van der Waals surface area contributed by atoms with E-state index in [1.807, 2.05) is 0 Å². The van der Waals surface area contributed by atoms with Crippen molar-refractivity contribution >= 4 is 0 Å². The zero-order valence-corrected chi connectivity index (χ0v) is 15.5. The van der Waals surface area contributed by atoms with Gasteiger partial charge in [-0.3, -0.25) is 0 Å². The summed E-state index contributed by atoms with van der Waals surface area (Å²) in [5.74, 6) is 0. The van der Waals surface area contributed by atoms with Crippen LogP contribution in [0.2, 0.25) is 0 Å². The van der Waals surface area contributed by atoms with E-state index in [1.165, 1.54) is 97.1 Å². The largest absolute Gasteiger partial charge is 0.303 e. The quantitative estimate of drug-likeness (QED) is 0.387. The van der Waals surface area contributed by atoms with Crippen molar-refractivity contribution in [1.82, 2.24) is 9.80 Å². The van der Waals surface area contributed by atoms with Gasteiger partial charge in [0, 0.05) is 0 Å². The Kier molecular flexibility index (Phi) is 16.2. The number of rotatable bonds is 16. The Balaban J connectivity index is 3.96. The molecular formula is C19H42N2. The van der Waals surface area contributed by atoms with Gasteiger partial charge in [-0.1, -0.05) is 53.4 Å². The molecule has 0 saturated carbocycles. The molecule has 2 heteroatoms. The third-order valence-corrected chi connectivity index (χ3v) is 4.26. The highest BCUT2D eigenvalue weighted by Gasteiger charge is 2.07. The van der Waals surface area contributed by atoms with E-state index in [0.29, 0.717) is 0 Å². The van der Waals surface area contributed by atoms with Crippen LogP contribution in [0.4, 0.5) is 0 Å². The van der Waals surface area contributed by atoms with Crippen molar-refractivity contribution in [3.05, 3.63) is 0 Å². The molecule has 0 aromatic heterocycles. The normalized spacial score (nSPS) is 11.7. The van der Waals surface area contributed by atoms with Crippen LogP contribution < -0.4 is 0 Å². The van der Waals surface area contributed by atoms with E-state index in [-0.39, 0.29) is 0 Å². The topological polar surface area (TPSA) is 6.48 Å². The lowest BCUT2D eigenvalue weighted by Gasteiger charge is -2.25. The summed E-state index contributed by atoms with van der Waals surface area (Å²) in [7, 11) is 0.